The van der Waals surface area contributed by atoms with Gasteiger partial charge < -0.3 is 9.63 Å². The van der Waals surface area contributed by atoms with Crippen LogP contribution < -0.4 is 0 Å². The smallest absolute Gasteiger partial charge is 0.172 e. The molecule has 0 aliphatic rings. The van der Waals surface area contributed by atoms with E-state index in [4.69, 9.17) is 4.52 Å². The van der Waals surface area contributed by atoms with Crippen molar-refractivity contribution in [2.45, 2.75) is 32.3 Å². The zero-order valence-electron chi connectivity index (χ0n) is 13.9. The fraction of sp³-hybridized carbons (Fsp3) is 0.250. The molecule has 0 bridgehead atoms. The van der Waals surface area contributed by atoms with Crippen molar-refractivity contribution in [1.29, 1.82) is 0 Å². The molecule has 1 N–H and O–H groups in total. The molecular weight excluding hydrogens is 385 g/mol. The first-order valence-corrected chi connectivity index (χ1v) is 8.98. The first-order chi connectivity index (χ1) is 12.0. The molecule has 1 unspecified atom stereocenters. The van der Waals surface area contributed by atoms with Crippen molar-refractivity contribution in [2.75, 3.05) is 0 Å². The Bertz CT molecular complexity index is 845. The number of benzene rings is 2. The second kappa shape index (κ2) is 7.93. The number of nitrogens with zero attached hydrogens (tertiary/aromatic N) is 1. The van der Waals surface area contributed by atoms with E-state index in [2.05, 4.69) is 21.1 Å². The fourth-order valence-corrected chi connectivity index (χ4v) is 3.18. The van der Waals surface area contributed by atoms with Crippen LogP contribution in [0.5, 0.6) is 0 Å². The average molecular weight is 404 g/mol. The summed E-state index contributed by atoms with van der Waals surface area (Å²) in [5.74, 6) is 0.369. The van der Waals surface area contributed by atoms with Gasteiger partial charge in [-0.15, -0.1) is 0 Å². The molecule has 0 aliphatic carbocycles. The predicted molar refractivity (Wildman–Crippen MR) is 98.7 cm³/mol. The zero-order valence-corrected chi connectivity index (χ0v) is 15.5. The van der Waals surface area contributed by atoms with Gasteiger partial charge in [-0.05, 0) is 56.0 Å². The van der Waals surface area contributed by atoms with Crippen molar-refractivity contribution in [3.05, 3.63) is 75.6 Å². The lowest BCUT2D eigenvalue weighted by atomic mass is 9.97. The highest BCUT2D eigenvalue weighted by Crippen LogP contribution is 2.33. The van der Waals surface area contributed by atoms with Gasteiger partial charge in [0, 0.05) is 10.0 Å². The van der Waals surface area contributed by atoms with E-state index in [0.29, 0.717) is 24.3 Å². The van der Waals surface area contributed by atoms with E-state index in [1.54, 1.807) is 6.07 Å². The van der Waals surface area contributed by atoms with Crippen LogP contribution in [0.3, 0.4) is 0 Å². The molecular formula is C20H19BrFNO2. The minimum Gasteiger partial charge on any atom is -0.388 e. The minimum absolute atomic E-state index is 0.231. The first kappa shape index (κ1) is 17.8. The third kappa shape index (κ3) is 4.35. The summed E-state index contributed by atoms with van der Waals surface area (Å²) < 4.78 is 19.6. The minimum atomic E-state index is -0.668. The third-order valence-corrected chi connectivity index (χ3v) is 4.71. The highest BCUT2D eigenvalue weighted by Gasteiger charge is 2.21. The SMILES string of the molecule is Cc1noc(-c2ccc(Br)cc2)c1C(O)CCCc1cccc(F)c1. The molecule has 1 atom stereocenters. The molecule has 0 spiro atoms. The van der Waals surface area contributed by atoms with Gasteiger partial charge in [0.25, 0.3) is 0 Å². The van der Waals surface area contributed by atoms with Crippen molar-refractivity contribution < 1.29 is 14.0 Å². The second-order valence-corrected chi connectivity index (χ2v) is 6.97. The topological polar surface area (TPSA) is 46.3 Å². The van der Waals surface area contributed by atoms with Crippen LogP contribution in [0.25, 0.3) is 11.3 Å². The van der Waals surface area contributed by atoms with E-state index in [1.807, 2.05) is 37.3 Å². The summed E-state index contributed by atoms with van der Waals surface area (Å²) in [5.41, 5.74) is 3.23. The van der Waals surface area contributed by atoms with Gasteiger partial charge in [-0.2, -0.15) is 0 Å². The highest BCUT2D eigenvalue weighted by atomic mass is 79.9. The molecule has 0 fully saturated rings. The van der Waals surface area contributed by atoms with Crippen LogP contribution in [0.2, 0.25) is 0 Å². The zero-order chi connectivity index (χ0) is 17.8. The summed E-state index contributed by atoms with van der Waals surface area (Å²) in [6.07, 6.45) is 1.35. The van der Waals surface area contributed by atoms with Gasteiger partial charge in [-0.25, -0.2) is 4.39 Å². The van der Waals surface area contributed by atoms with Crippen LogP contribution >= 0.6 is 15.9 Å². The van der Waals surface area contributed by atoms with Gasteiger partial charge in [0.2, 0.25) is 0 Å². The number of hydrogen-bond acceptors (Lipinski definition) is 3. The molecule has 0 amide bonds. The van der Waals surface area contributed by atoms with Gasteiger partial charge in [-0.3, -0.25) is 0 Å². The van der Waals surface area contributed by atoms with Crippen molar-refractivity contribution >= 4 is 15.9 Å². The summed E-state index contributed by atoms with van der Waals surface area (Å²) in [6, 6.07) is 14.3. The fourth-order valence-electron chi connectivity index (χ4n) is 2.92. The second-order valence-electron chi connectivity index (χ2n) is 6.06. The molecule has 0 saturated carbocycles. The van der Waals surface area contributed by atoms with Crippen molar-refractivity contribution in [2.24, 2.45) is 0 Å². The van der Waals surface area contributed by atoms with E-state index >= 15 is 0 Å². The van der Waals surface area contributed by atoms with Crippen LogP contribution in [-0.4, -0.2) is 10.3 Å². The molecule has 2 aromatic carbocycles. The number of halogens is 2. The van der Waals surface area contributed by atoms with Crippen LogP contribution in [0.4, 0.5) is 4.39 Å². The molecule has 25 heavy (non-hydrogen) atoms. The number of aromatic nitrogens is 1. The van der Waals surface area contributed by atoms with Gasteiger partial charge in [0.1, 0.15) is 5.82 Å². The van der Waals surface area contributed by atoms with Gasteiger partial charge >= 0.3 is 0 Å². The Labute approximate surface area is 154 Å². The Hall–Kier alpha value is -1.98. The standard InChI is InChI=1S/C20H19BrFNO2/c1-13-19(20(25-23-13)15-8-10-16(21)11-9-15)18(24)7-3-5-14-4-2-6-17(22)12-14/h2,4,6,8-12,18,24H,3,5,7H2,1H3. The average Bonchev–Trinajstić information content (AvgIpc) is 2.97. The molecule has 0 aliphatic heterocycles. The lowest BCUT2D eigenvalue weighted by Gasteiger charge is -2.11. The van der Waals surface area contributed by atoms with Crippen LogP contribution in [0, 0.1) is 12.7 Å². The molecule has 0 radical (unpaired) electrons. The number of aliphatic hydroxyl groups is 1. The predicted octanol–water partition coefficient (Wildman–Crippen LogP) is 5.61. The highest BCUT2D eigenvalue weighted by molar-refractivity contribution is 9.10. The normalized spacial score (nSPS) is 12.3. The molecule has 3 rings (SSSR count). The number of rotatable bonds is 6. The van der Waals surface area contributed by atoms with Gasteiger partial charge in [0.05, 0.1) is 17.4 Å². The number of hydrogen-bond donors (Lipinski definition) is 1. The molecule has 1 aromatic heterocycles. The summed E-state index contributed by atoms with van der Waals surface area (Å²) in [7, 11) is 0. The Kier molecular flexibility index (Phi) is 5.66. The van der Waals surface area contributed by atoms with Gasteiger partial charge in [0.15, 0.2) is 5.76 Å². The molecule has 3 aromatic rings. The van der Waals surface area contributed by atoms with Crippen LogP contribution in [0.1, 0.15) is 35.8 Å². The summed E-state index contributed by atoms with van der Waals surface area (Å²) in [6.45, 7) is 1.83. The van der Waals surface area contributed by atoms with Crippen molar-refractivity contribution in [1.82, 2.24) is 5.16 Å². The quantitative estimate of drug-likeness (QED) is 0.581. The summed E-state index contributed by atoms with van der Waals surface area (Å²) >= 11 is 3.41. The molecule has 130 valence electrons. The van der Waals surface area contributed by atoms with E-state index in [9.17, 15) is 9.50 Å². The lowest BCUT2D eigenvalue weighted by molar-refractivity contribution is 0.164. The van der Waals surface area contributed by atoms with E-state index in [0.717, 1.165) is 27.6 Å². The van der Waals surface area contributed by atoms with Crippen molar-refractivity contribution in [3.8, 4) is 11.3 Å². The summed E-state index contributed by atoms with van der Waals surface area (Å²) in [5, 5.41) is 14.7. The Morgan fingerprint density at radius 2 is 1.96 bits per heavy atom. The lowest BCUT2D eigenvalue weighted by Crippen LogP contribution is -2.01. The Morgan fingerprint density at radius 1 is 1.20 bits per heavy atom. The van der Waals surface area contributed by atoms with E-state index < -0.39 is 6.10 Å². The maximum Gasteiger partial charge on any atom is 0.172 e. The maximum absolute atomic E-state index is 13.2. The Balaban J connectivity index is 1.70. The Morgan fingerprint density at radius 3 is 2.68 bits per heavy atom. The molecule has 1 heterocycles. The third-order valence-electron chi connectivity index (χ3n) is 4.18. The van der Waals surface area contributed by atoms with Crippen molar-refractivity contribution in [3.63, 3.8) is 0 Å². The van der Waals surface area contributed by atoms with Crippen LogP contribution in [-0.2, 0) is 6.42 Å². The number of aryl methyl sites for hydroxylation is 2. The van der Waals surface area contributed by atoms with Crippen LogP contribution in [0.15, 0.2) is 57.5 Å². The molecule has 3 nitrogen and oxygen atoms in total. The number of aliphatic hydroxyl groups excluding tert-OH is 1. The van der Waals surface area contributed by atoms with E-state index in [-0.39, 0.29) is 5.82 Å². The molecule has 5 heteroatoms. The monoisotopic (exact) mass is 403 g/mol. The first-order valence-electron chi connectivity index (χ1n) is 8.19. The molecule has 0 saturated heterocycles. The van der Waals surface area contributed by atoms with Gasteiger partial charge in [-0.1, -0.05) is 45.4 Å². The summed E-state index contributed by atoms with van der Waals surface area (Å²) in [4.78, 5) is 0. The largest absolute Gasteiger partial charge is 0.388 e. The maximum atomic E-state index is 13.2. The van der Waals surface area contributed by atoms with E-state index in [1.165, 1.54) is 12.1 Å².